The molecule has 0 amide bonds. The van der Waals surface area contributed by atoms with E-state index in [2.05, 4.69) is 28.9 Å². The molecule has 1 heterocycles. The summed E-state index contributed by atoms with van der Waals surface area (Å²) < 4.78 is 4.63. The van der Waals surface area contributed by atoms with Gasteiger partial charge in [0.1, 0.15) is 0 Å². The first-order valence-electron chi connectivity index (χ1n) is 5.80. The second-order valence-electron chi connectivity index (χ2n) is 5.28. The predicted molar refractivity (Wildman–Crippen MR) is 68.5 cm³/mol. The van der Waals surface area contributed by atoms with Gasteiger partial charge < -0.3 is 10.1 Å². The maximum Gasteiger partial charge on any atom is 0.357 e. The van der Waals surface area contributed by atoms with Crippen LogP contribution in [0.4, 0.5) is 5.13 Å². The van der Waals surface area contributed by atoms with Gasteiger partial charge in [0.2, 0.25) is 0 Å². The number of hydrogen-bond donors (Lipinski definition) is 1. The molecule has 0 radical (unpaired) electrons. The summed E-state index contributed by atoms with van der Waals surface area (Å²) in [6, 6.07) is 0.474. The summed E-state index contributed by atoms with van der Waals surface area (Å²) in [7, 11) is 1.37. The first-order valence-corrected chi connectivity index (χ1v) is 6.68. The lowest BCUT2D eigenvalue weighted by Crippen LogP contribution is -2.17. The van der Waals surface area contributed by atoms with E-state index in [-0.39, 0.29) is 5.97 Å². The maximum atomic E-state index is 11.3. The number of thiazole rings is 1. The van der Waals surface area contributed by atoms with Crippen molar-refractivity contribution in [1.82, 2.24) is 4.98 Å². The summed E-state index contributed by atoms with van der Waals surface area (Å²) in [6.07, 6.45) is 3.56. The average Bonchev–Trinajstić information content (AvgIpc) is 2.85. The van der Waals surface area contributed by atoms with Crippen molar-refractivity contribution in [3.63, 3.8) is 0 Å². The number of carbonyl (C=O) groups is 1. The zero-order valence-corrected chi connectivity index (χ0v) is 11.3. The summed E-state index contributed by atoms with van der Waals surface area (Å²) >= 11 is 1.46. The zero-order valence-electron chi connectivity index (χ0n) is 10.4. The maximum absolute atomic E-state index is 11.3. The Morgan fingerprint density at radius 1 is 1.65 bits per heavy atom. The Labute approximate surface area is 105 Å². The van der Waals surface area contributed by atoms with Crippen LogP contribution in [-0.2, 0) is 4.74 Å². The lowest BCUT2D eigenvalue weighted by atomic mass is 9.92. The fourth-order valence-electron chi connectivity index (χ4n) is 2.27. The molecule has 17 heavy (non-hydrogen) atoms. The first kappa shape index (κ1) is 12.4. The molecule has 0 spiro atoms. The van der Waals surface area contributed by atoms with Gasteiger partial charge in [-0.1, -0.05) is 13.8 Å². The fraction of sp³-hybridized carbons (Fsp3) is 0.667. The van der Waals surface area contributed by atoms with Gasteiger partial charge in [0, 0.05) is 11.4 Å². The van der Waals surface area contributed by atoms with Crippen LogP contribution in [0, 0.1) is 5.41 Å². The van der Waals surface area contributed by atoms with Crippen molar-refractivity contribution < 1.29 is 9.53 Å². The topological polar surface area (TPSA) is 51.2 Å². The van der Waals surface area contributed by atoms with Gasteiger partial charge in [0.05, 0.1) is 7.11 Å². The molecule has 5 heteroatoms. The Hall–Kier alpha value is -1.10. The van der Waals surface area contributed by atoms with Gasteiger partial charge in [-0.05, 0) is 24.7 Å². The second-order valence-corrected chi connectivity index (χ2v) is 6.14. The number of ether oxygens (including phenoxy) is 1. The molecule has 0 saturated heterocycles. The SMILES string of the molecule is COC(=O)c1csc(NC2CCC(C)(C)C2)n1. The monoisotopic (exact) mass is 254 g/mol. The third kappa shape index (κ3) is 2.97. The van der Waals surface area contributed by atoms with Crippen LogP contribution in [0.15, 0.2) is 5.38 Å². The van der Waals surface area contributed by atoms with Crippen molar-refractivity contribution in [3.8, 4) is 0 Å². The standard InChI is InChI=1S/C12H18N2O2S/c1-12(2)5-4-8(6-12)13-11-14-9(7-17-11)10(15)16-3/h7-8H,4-6H2,1-3H3,(H,13,14). The summed E-state index contributed by atoms with van der Waals surface area (Å²) in [5.41, 5.74) is 0.803. The summed E-state index contributed by atoms with van der Waals surface area (Å²) in [6.45, 7) is 4.58. The predicted octanol–water partition coefficient (Wildman–Crippen LogP) is 2.92. The number of rotatable bonds is 3. The first-order chi connectivity index (χ1) is 8.00. The van der Waals surface area contributed by atoms with Crippen LogP contribution in [0.25, 0.3) is 0 Å². The molecule has 1 atom stereocenters. The normalized spacial score (nSPS) is 22.4. The van der Waals surface area contributed by atoms with Crippen LogP contribution in [-0.4, -0.2) is 24.1 Å². The molecule has 2 rings (SSSR count). The highest BCUT2D eigenvalue weighted by Crippen LogP contribution is 2.38. The largest absolute Gasteiger partial charge is 0.464 e. The molecule has 94 valence electrons. The third-order valence-corrected chi connectivity index (χ3v) is 3.97. The van der Waals surface area contributed by atoms with E-state index in [1.165, 1.54) is 31.3 Å². The molecule has 1 fully saturated rings. The van der Waals surface area contributed by atoms with Crippen LogP contribution in [0.2, 0.25) is 0 Å². The number of hydrogen-bond acceptors (Lipinski definition) is 5. The van der Waals surface area contributed by atoms with Gasteiger partial charge in [0.25, 0.3) is 0 Å². The van der Waals surface area contributed by atoms with E-state index in [4.69, 9.17) is 0 Å². The van der Waals surface area contributed by atoms with Gasteiger partial charge in [-0.2, -0.15) is 0 Å². The highest BCUT2D eigenvalue weighted by molar-refractivity contribution is 7.13. The van der Waals surface area contributed by atoms with Crippen LogP contribution >= 0.6 is 11.3 Å². The molecule has 1 aromatic rings. The van der Waals surface area contributed by atoms with Crippen molar-refractivity contribution in [2.75, 3.05) is 12.4 Å². The van der Waals surface area contributed by atoms with E-state index < -0.39 is 0 Å². The summed E-state index contributed by atoms with van der Waals surface area (Å²) in [4.78, 5) is 15.5. The minimum atomic E-state index is -0.374. The smallest absolute Gasteiger partial charge is 0.357 e. The Morgan fingerprint density at radius 2 is 2.41 bits per heavy atom. The van der Waals surface area contributed by atoms with Gasteiger partial charge >= 0.3 is 5.97 Å². The van der Waals surface area contributed by atoms with Gasteiger partial charge in [0.15, 0.2) is 10.8 Å². The van der Waals surface area contributed by atoms with Crippen molar-refractivity contribution in [3.05, 3.63) is 11.1 Å². The number of methoxy groups -OCH3 is 1. The lowest BCUT2D eigenvalue weighted by molar-refractivity contribution is 0.0595. The fourth-order valence-corrected chi connectivity index (χ4v) is 3.03. The van der Waals surface area contributed by atoms with Crippen molar-refractivity contribution in [2.45, 2.75) is 39.2 Å². The second kappa shape index (κ2) is 4.64. The van der Waals surface area contributed by atoms with Crippen molar-refractivity contribution >= 4 is 22.4 Å². The minimum absolute atomic E-state index is 0.374. The highest BCUT2D eigenvalue weighted by atomic mass is 32.1. The van der Waals surface area contributed by atoms with Gasteiger partial charge in [-0.15, -0.1) is 11.3 Å². The number of carbonyl (C=O) groups excluding carboxylic acids is 1. The van der Waals surface area contributed by atoms with Crippen LogP contribution in [0.3, 0.4) is 0 Å². The Balaban J connectivity index is 1.96. The molecule has 0 aliphatic heterocycles. The molecule has 1 N–H and O–H groups in total. The number of aromatic nitrogens is 1. The van der Waals surface area contributed by atoms with Crippen molar-refractivity contribution in [1.29, 1.82) is 0 Å². The van der Waals surface area contributed by atoms with Crippen LogP contribution < -0.4 is 5.32 Å². The van der Waals surface area contributed by atoms with E-state index >= 15 is 0 Å². The van der Waals surface area contributed by atoms with E-state index in [1.54, 1.807) is 5.38 Å². The average molecular weight is 254 g/mol. The van der Waals surface area contributed by atoms with E-state index in [0.29, 0.717) is 17.2 Å². The van der Waals surface area contributed by atoms with E-state index in [0.717, 1.165) is 11.6 Å². The molecule has 0 aromatic carbocycles. The number of nitrogens with one attached hydrogen (secondary N) is 1. The summed E-state index contributed by atoms with van der Waals surface area (Å²) in [5.74, 6) is -0.374. The molecule has 1 unspecified atom stereocenters. The zero-order chi connectivity index (χ0) is 12.5. The molecule has 4 nitrogen and oxygen atoms in total. The number of anilines is 1. The third-order valence-electron chi connectivity index (χ3n) is 3.19. The molecule has 1 aliphatic rings. The highest BCUT2D eigenvalue weighted by Gasteiger charge is 2.31. The van der Waals surface area contributed by atoms with E-state index in [1.807, 2.05) is 0 Å². The molecular formula is C12H18N2O2S. The molecule has 1 aliphatic carbocycles. The van der Waals surface area contributed by atoms with Gasteiger partial charge in [-0.25, -0.2) is 9.78 Å². The van der Waals surface area contributed by atoms with E-state index in [9.17, 15) is 4.79 Å². The summed E-state index contributed by atoms with van der Waals surface area (Å²) in [5, 5.41) is 5.94. The Kier molecular flexibility index (Phi) is 3.38. The van der Waals surface area contributed by atoms with Crippen molar-refractivity contribution in [2.24, 2.45) is 5.41 Å². The minimum Gasteiger partial charge on any atom is -0.464 e. The molecule has 0 bridgehead atoms. The number of nitrogens with zero attached hydrogens (tertiary/aromatic N) is 1. The van der Waals surface area contributed by atoms with Gasteiger partial charge in [-0.3, -0.25) is 0 Å². The molecule has 1 saturated carbocycles. The Morgan fingerprint density at radius 3 is 3.00 bits per heavy atom. The molecular weight excluding hydrogens is 236 g/mol. The molecule has 1 aromatic heterocycles. The Bertz CT molecular complexity index is 414. The van der Waals surface area contributed by atoms with Crippen LogP contribution in [0.1, 0.15) is 43.6 Å². The quantitative estimate of drug-likeness (QED) is 0.843. The lowest BCUT2D eigenvalue weighted by Gasteiger charge is -2.17. The number of esters is 1. The van der Waals surface area contributed by atoms with Crippen LogP contribution in [0.5, 0.6) is 0 Å².